The lowest BCUT2D eigenvalue weighted by molar-refractivity contribution is -0.140. The lowest BCUT2D eigenvalue weighted by atomic mass is 9.99. The van der Waals surface area contributed by atoms with E-state index in [9.17, 15) is 9.59 Å². The van der Waals surface area contributed by atoms with Crippen molar-refractivity contribution in [1.82, 2.24) is 0 Å². The summed E-state index contributed by atoms with van der Waals surface area (Å²) >= 11 is 0. The molecule has 0 bridgehead atoms. The van der Waals surface area contributed by atoms with Gasteiger partial charge in [-0.15, -0.1) is 0 Å². The SMILES string of the molecule is CCCOC(=O)C(C(C)=O)=C(C)c1ccccc1. The van der Waals surface area contributed by atoms with Gasteiger partial charge in [0.2, 0.25) is 0 Å². The standard InChI is InChI=1S/C15H18O3/c1-4-10-18-15(17)14(12(3)16)11(2)13-8-6-5-7-9-13/h5-9H,4,10H2,1-3H3. The van der Waals surface area contributed by atoms with E-state index in [0.717, 1.165) is 12.0 Å². The van der Waals surface area contributed by atoms with E-state index in [4.69, 9.17) is 4.74 Å². The molecule has 1 aromatic carbocycles. The Balaban J connectivity index is 3.11. The third-order valence-electron chi connectivity index (χ3n) is 2.58. The maximum atomic E-state index is 11.9. The molecule has 3 heteroatoms. The van der Waals surface area contributed by atoms with Crippen LogP contribution in [-0.2, 0) is 14.3 Å². The van der Waals surface area contributed by atoms with Crippen LogP contribution in [0, 0.1) is 0 Å². The molecule has 0 N–H and O–H groups in total. The molecule has 0 aliphatic rings. The van der Waals surface area contributed by atoms with E-state index in [1.165, 1.54) is 6.92 Å². The summed E-state index contributed by atoms with van der Waals surface area (Å²) in [4.78, 5) is 23.5. The van der Waals surface area contributed by atoms with Gasteiger partial charge >= 0.3 is 5.97 Å². The lowest BCUT2D eigenvalue weighted by Crippen LogP contribution is -2.15. The summed E-state index contributed by atoms with van der Waals surface area (Å²) in [5, 5.41) is 0. The molecule has 1 aromatic rings. The fraction of sp³-hybridized carbons (Fsp3) is 0.333. The first kappa shape index (κ1) is 14.2. The van der Waals surface area contributed by atoms with Gasteiger partial charge in [0, 0.05) is 0 Å². The zero-order chi connectivity index (χ0) is 13.5. The van der Waals surface area contributed by atoms with Gasteiger partial charge in [0.15, 0.2) is 5.78 Å². The largest absolute Gasteiger partial charge is 0.462 e. The van der Waals surface area contributed by atoms with Gasteiger partial charge in [0.25, 0.3) is 0 Å². The first-order chi connectivity index (χ1) is 8.57. The molecule has 0 atom stereocenters. The van der Waals surface area contributed by atoms with Crippen LogP contribution in [0.1, 0.15) is 32.8 Å². The average Bonchev–Trinajstić information content (AvgIpc) is 2.37. The Hall–Kier alpha value is -1.90. The Labute approximate surface area is 107 Å². The van der Waals surface area contributed by atoms with Crippen LogP contribution in [0.4, 0.5) is 0 Å². The number of ether oxygens (including phenoxy) is 1. The summed E-state index contributed by atoms with van der Waals surface area (Å²) < 4.78 is 5.04. The normalized spacial score (nSPS) is 11.7. The minimum Gasteiger partial charge on any atom is -0.462 e. The first-order valence-electron chi connectivity index (χ1n) is 6.02. The van der Waals surface area contributed by atoms with Crippen LogP contribution in [0.15, 0.2) is 35.9 Å². The Morgan fingerprint density at radius 2 is 1.72 bits per heavy atom. The maximum Gasteiger partial charge on any atom is 0.342 e. The van der Waals surface area contributed by atoms with E-state index >= 15 is 0 Å². The molecule has 1 rings (SSSR count). The quantitative estimate of drug-likeness (QED) is 0.347. The minimum absolute atomic E-state index is 0.134. The van der Waals surface area contributed by atoms with Crippen LogP contribution in [-0.4, -0.2) is 18.4 Å². The fourth-order valence-corrected chi connectivity index (χ4v) is 1.66. The summed E-state index contributed by atoms with van der Waals surface area (Å²) in [6.45, 7) is 5.39. The number of ketones is 1. The van der Waals surface area contributed by atoms with Crippen molar-refractivity contribution in [2.45, 2.75) is 27.2 Å². The predicted octanol–water partition coefficient (Wildman–Crippen LogP) is 3.00. The third kappa shape index (κ3) is 3.55. The van der Waals surface area contributed by atoms with Crippen molar-refractivity contribution in [1.29, 1.82) is 0 Å². The molecule has 0 saturated heterocycles. The van der Waals surface area contributed by atoms with Gasteiger partial charge in [-0.2, -0.15) is 0 Å². The van der Waals surface area contributed by atoms with E-state index in [0.29, 0.717) is 12.2 Å². The fourth-order valence-electron chi connectivity index (χ4n) is 1.66. The topological polar surface area (TPSA) is 43.4 Å². The molecule has 0 unspecified atom stereocenters. The van der Waals surface area contributed by atoms with Crippen molar-refractivity contribution in [3.05, 3.63) is 41.5 Å². The summed E-state index contributed by atoms with van der Waals surface area (Å²) in [5.41, 5.74) is 1.65. The Morgan fingerprint density at radius 3 is 2.22 bits per heavy atom. The summed E-state index contributed by atoms with van der Waals surface area (Å²) in [6.07, 6.45) is 0.737. The Bertz CT molecular complexity index is 458. The van der Waals surface area contributed by atoms with Gasteiger partial charge < -0.3 is 4.74 Å². The molecular formula is C15H18O3. The molecule has 0 aliphatic carbocycles. The molecule has 0 fully saturated rings. The summed E-state index contributed by atoms with van der Waals surface area (Å²) in [7, 11) is 0. The van der Waals surface area contributed by atoms with Gasteiger partial charge in [-0.05, 0) is 31.4 Å². The molecule has 18 heavy (non-hydrogen) atoms. The van der Waals surface area contributed by atoms with Crippen LogP contribution >= 0.6 is 0 Å². The number of esters is 1. The zero-order valence-corrected chi connectivity index (χ0v) is 11.0. The second-order valence-corrected chi connectivity index (χ2v) is 4.06. The number of benzene rings is 1. The van der Waals surface area contributed by atoms with Gasteiger partial charge in [0.05, 0.1) is 6.61 Å². The predicted molar refractivity (Wildman–Crippen MR) is 71.0 cm³/mol. The molecule has 0 heterocycles. The number of hydrogen-bond donors (Lipinski definition) is 0. The van der Waals surface area contributed by atoms with Gasteiger partial charge in [-0.1, -0.05) is 37.3 Å². The molecular weight excluding hydrogens is 228 g/mol. The Morgan fingerprint density at radius 1 is 1.11 bits per heavy atom. The number of rotatable bonds is 5. The van der Waals surface area contributed by atoms with Crippen molar-refractivity contribution in [2.24, 2.45) is 0 Å². The highest BCUT2D eigenvalue weighted by molar-refractivity contribution is 6.21. The molecule has 96 valence electrons. The van der Waals surface area contributed by atoms with Crippen LogP contribution in [0.25, 0.3) is 5.57 Å². The summed E-state index contributed by atoms with van der Waals surface area (Å²) in [6, 6.07) is 9.36. The third-order valence-corrected chi connectivity index (χ3v) is 2.58. The van der Waals surface area contributed by atoms with Crippen molar-refractivity contribution in [3.63, 3.8) is 0 Å². The van der Waals surface area contributed by atoms with Gasteiger partial charge in [-0.25, -0.2) is 4.79 Å². The first-order valence-corrected chi connectivity index (χ1v) is 6.02. The molecule has 0 aromatic heterocycles. The average molecular weight is 246 g/mol. The van der Waals surface area contributed by atoms with E-state index < -0.39 is 5.97 Å². The lowest BCUT2D eigenvalue weighted by Gasteiger charge is -2.09. The maximum absolute atomic E-state index is 11.9. The highest BCUT2D eigenvalue weighted by Crippen LogP contribution is 2.19. The molecule has 0 saturated carbocycles. The minimum atomic E-state index is -0.536. The van der Waals surface area contributed by atoms with E-state index in [2.05, 4.69) is 0 Å². The highest BCUT2D eigenvalue weighted by atomic mass is 16.5. The van der Waals surface area contributed by atoms with Gasteiger partial charge in [-0.3, -0.25) is 4.79 Å². The van der Waals surface area contributed by atoms with E-state index in [1.807, 2.05) is 37.3 Å². The van der Waals surface area contributed by atoms with Crippen molar-refractivity contribution >= 4 is 17.3 Å². The monoisotopic (exact) mass is 246 g/mol. The number of Topliss-reactive ketones (excluding diaryl/α,β-unsaturated/α-hetero) is 1. The molecule has 0 aliphatic heterocycles. The van der Waals surface area contributed by atoms with E-state index in [-0.39, 0.29) is 11.4 Å². The molecule has 0 spiro atoms. The van der Waals surface area contributed by atoms with Crippen LogP contribution < -0.4 is 0 Å². The number of carbonyl (C=O) groups is 2. The highest BCUT2D eigenvalue weighted by Gasteiger charge is 2.19. The van der Waals surface area contributed by atoms with Crippen molar-refractivity contribution in [3.8, 4) is 0 Å². The second-order valence-electron chi connectivity index (χ2n) is 4.06. The molecule has 0 radical (unpaired) electrons. The van der Waals surface area contributed by atoms with Crippen LogP contribution in [0.3, 0.4) is 0 Å². The number of carbonyl (C=O) groups excluding carboxylic acids is 2. The molecule has 0 amide bonds. The van der Waals surface area contributed by atoms with Crippen LogP contribution in [0.5, 0.6) is 0 Å². The van der Waals surface area contributed by atoms with Gasteiger partial charge in [0.1, 0.15) is 5.57 Å². The van der Waals surface area contributed by atoms with E-state index in [1.54, 1.807) is 6.92 Å². The molecule has 3 nitrogen and oxygen atoms in total. The Kier molecular flexibility index (Phi) is 5.31. The smallest absolute Gasteiger partial charge is 0.342 e. The number of hydrogen-bond acceptors (Lipinski definition) is 3. The zero-order valence-electron chi connectivity index (χ0n) is 11.0. The number of allylic oxidation sites excluding steroid dienone is 1. The second kappa shape index (κ2) is 6.74. The van der Waals surface area contributed by atoms with Crippen LogP contribution in [0.2, 0.25) is 0 Å². The van der Waals surface area contributed by atoms with Crippen molar-refractivity contribution < 1.29 is 14.3 Å². The van der Waals surface area contributed by atoms with Crippen molar-refractivity contribution in [2.75, 3.05) is 6.61 Å². The summed E-state index contributed by atoms with van der Waals surface area (Å²) in [5.74, 6) is -0.803.